The number of allylic oxidation sites excluding steroid dienone is 2. The molecule has 12 rings (SSSR count). The number of rotatable bonds is 7. The number of nitrogens with zero attached hydrogens (tertiary/aromatic N) is 1. The summed E-state index contributed by atoms with van der Waals surface area (Å²) in [4.78, 5) is 2.51. The maximum absolute atomic E-state index is 6.48. The van der Waals surface area contributed by atoms with Crippen LogP contribution in [-0.2, 0) is 5.41 Å². The first kappa shape index (κ1) is 37.8. The Bertz CT molecular complexity index is 3340. The highest BCUT2D eigenvalue weighted by atomic mass is 16.3. The molecule has 64 heavy (non-hydrogen) atoms. The summed E-state index contributed by atoms with van der Waals surface area (Å²) in [6.45, 7) is 2.17. The van der Waals surface area contributed by atoms with Crippen molar-refractivity contribution in [1.29, 1.82) is 0 Å². The molecule has 2 aliphatic carbocycles. The molecule has 0 spiro atoms. The minimum atomic E-state index is -0.597. The second kappa shape index (κ2) is 15.4. The molecular weight excluding hydrogens is 775 g/mol. The molecule has 10 aromatic rings. The van der Waals surface area contributed by atoms with Crippen LogP contribution in [0.2, 0.25) is 0 Å². The van der Waals surface area contributed by atoms with Gasteiger partial charge in [0.1, 0.15) is 11.2 Å². The molecular formula is C62H45NO. The van der Waals surface area contributed by atoms with E-state index in [1.165, 1.54) is 61.2 Å². The lowest BCUT2D eigenvalue weighted by atomic mass is 9.63. The van der Waals surface area contributed by atoms with E-state index < -0.39 is 5.41 Å². The molecule has 1 aromatic heterocycles. The van der Waals surface area contributed by atoms with E-state index in [0.29, 0.717) is 0 Å². The molecule has 1 unspecified atom stereocenters. The van der Waals surface area contributed by atoms with Crippen LogP contribution in [0.5, 0.6) is 0 Å². The molecule has 0 aliphatic heterocycles. The SMILES string of the molecule is Cc1ccc(C2(c3ccc(N(c4ccc(-c5cccc6c5oc5ccccc56)cc4)C4C=CC(c5ccccc5)=CC4)cc3)c3ccccc3-c3ccccc3-c3ccccc32)cc1. The molecule has 0 bridgehead atoms. The quantitative estimate of drug-likeness (QED) is 0.159. The molecule has 0 N–H and O–H groups in total. The Kier molecular flexibility index (Phi) is 9.12. The molecule has 2 heteroatoms. The van der Waals surface area contributed by atoms with E-state index in [4.69, 9.17) is 4.42 Å². The first-order valence-corrected chi connectivity index (χ1v) is 22.4. The number of fused-ring (bicyclic) bond motifs is 8. The topological polar surface area (TPSA) is 16.4 Å². The third kappa shape index (κ3) is 6.09. The van der Waals surface area contributed by atoms with Crippen molar-refractivity contribution in [3.05, 3.63) is 270 Å². The first-order valence-electron chi connectivity index (χ1n) is 22.4. The second-order valence-electron chi connectivity index (χ2n) is 17.2. The lowest BCUT2D eigenvalue weighted by Crippen LogP contribution is -2.32. The summed E-state index contributed by atoms with van der Waals surface area (Å²) in [7, 11) is 0. The average molecular weight is 820 g/mol. The predicted octanol–water partition coefficient (Wildman–Crippen LogP) is 16.1. The Labute approximate surface area is 374 Å². The van der Waals surface area contributed by atoms with Gasteiger partial charge in [-0.3, -0.25) is 0 Å². The number of furan rings is 1. The monoisotopic (exact) mass is 819 g/mol. The average Bonchev–Trinajstić information content (AvgIpc) is 3.71. The molecule has 2 nitrogen and oxygen atoms in total. The molecule has 9 aromatic carbocycles. The molecule has 1 atom stereocenters. The van der Waals surface area contributed by atoms with Gasteiger partial charge in [0.2, 0.25) is 0 Å². The Hall–Kier alpha value is -7.94. The highest BCUT2D eigenvalue weighted by Crippen LogP contribution is 2.55. The number of anilines is 2. The third-order valence-electron chi connectivity index (χ3n) is 13.6. The lowest BCUT2D eigenvalue weighted by Gasteiger charge is -2.39. The number of aryl methyl sites for hydroxylation is 1. The minimum Gasteiger partial charge on any atom is -0.455 e. The fraction of sp³-hybridized carbons (Fsp3) is 0.0645. The van der Waals surface area contributed by atoms with Crippen molar-refractivity contribution in [1.82, 2.24) is 0 Å². The number of hydrogen-bond donors (Lipinski definition) is 0. The van der Waals surface area contributed by atoms with Crippen molar-refractivity contribution in [2.75, 3.05) is 4.90 Å². The molecule has 0 saturated heterocycles. The van der Waals surface area contributed by atoms with Gasteiger partial charge < -0.3 is 9.32 Å². The van der Waals surface area contributed by atoms with Crippen LogP contribution in [0.3, 0.4) is 0 Å². The van der Waals surface area contributed by atoms with Gasteiger partial charge in [-0.15, -0.1) is 0 Å². The van der Waals surface area contributed by atoms with Crippen LogP contribution in [-0.4, -0.2) is 6.04 Å². The van der Waals surface area contributed by atoms with Crippen molar-refractivity contribution in [2.45, 2.75) is 24.8 Å². The summed E-state index contributed by atoms with van der Waals surface area (Å²) < 4.78 is 6.48. The van der Waals surface area contributed by atoms with Crippen molar-refractivity contribution in [2.24, 2.45) is 0 Å². The van der Waals surface area contributed by atoms with E-state index in [1.807, 2.05) is 6.07 Å². The minimum absolute atomic E-state index is 0.0999. The predicted molar refractivity (Wildman–Crippen MR) is 267 cm³/mol. The number of para-hydroxylation sites is 2. The van der Waals surface area contributed by atoms with Crippen molar-refractivity contribution < 1.29 is 4.42 Å². The normalized spacial score (nSPS) is 14.9. The van der Waals surface area contributed by atoms with Gasteiger partial charge in [0.25, 0.3) is 0 Å². The summed E-state index contributed by atoms with van der Waals surface area (Å²) in [6, 6.07) is 80.3. The fourth-order valence-electron chi connectivity index (χ4n) is 10.6. The Morgan fingerprint density at radius 2 is 0.984 bits per heavy atom. The van der Waals surface area contributed by atoms with Crippen LogP contribution in [0, 0.1) is 6.92 Å². The van der Waals surface area contributed by atoms with E-state index >= 15 is 0 Å². The molecule has 0 saturated carbocycles. The third-order valence-corrected chi connectivity index (χ3v) is 13.6. The van der Waals surface area contributed by atoms with Crippen molar-refractivity contribution in [3.8, 4) is 33.4 Å². The van der Waals surface area contributed by atoms with Gasteiger partial charge in [-0.25, -0.2) is 0 Å². The van der Waals surface area contributed by atoms with Crippen LogP contribution in [0.15, 0.2) is 241 Å². The van der Waals surface area contributed by atoms with Gasteiger partial charge in [0.05, 0.1) is 11.5 Å². The Morgan fingerprint density at radius 3 is 1.62 bits per heavy atom. The molecule has 304 valence electrons. The van der Waals surface area contributed by atoms with Gasteiger partial charge in [-0.1, -0.05) is 212 Å². The summed E-state index contributed by atoms with van der Waals surface area (Å²) in [6.07, 6.45) is 7.93. The molecule has 0 amide bonds. The van der Waals surface area contributed by atoms with Gasteiger partial charge in [-0.05, 0) is 105 Å². The maximum Gasteiger partial charge on any atom is 0.143 e. The highest BCUT2D eigenvalue weighted by Gasteiger charge is 2.43. The van der Waals surface area contributed by atoms with Crippen LogP contribution >= 0.6 is 0 Å². The van der Waals surface area contributed by atoms with E-state index in [0.717, 1.165) is 50.9 Å². The van der Waals surface area contributed by atoms with Gasteiger partial charge >= 0.3 is 0 Å². The molecule has 0 fully saturated rings. The Balaban J connectivity index is 1.01. The molecule has 2 aliphatic rings. The van der Waals surface area contributed by atoms with E-state index in [9.17, 15) is 0 Å². The van der Waals surface area contributed by atoms with Gasteiger partial charge in [0, 0.05) is 27.7 Å². The van der Waals surface area contributed by atoms with Gasteiger partial charge in [-0.2, -0.15) is 0 Å². The smallest absolute Gasteiger partial charge is 0.143 e. The van der Waals surface area contributed by atoms with Crippen LogP contribution in [0.1, 0.15) is 39.8 Å². The van der Waals surface area contributed by atoms with E-state index in [2.05, 4.69) is 242 Å². The van der Waals surface area contributed by atoms with Crippen LogP contribution in [0.4, 0.5) is 11.4 Å². The highest BCUT2D eigenvalue weighted by molar-refractivity contribution is 6.09. The van der Waals surface area contributed by atoms with E-state index in [1.54, 1.807) is 0 Å². The first-order chi connectivity index (χ1) is 31.6. The number of benzene rings is 9. The summed E-state index contributed by atoms with van der Waals surface area (Å²) in [5, 5.41) is 2.28. The number of hydrogen-bond acceptors (Lipinski definition) is 2. The lowest BCUT2D eigenvalue weighted by molar-refractivity contribution is 0.670. The van der Waals surface area contributed by atoms with Crippen molar-refractivity contribution in [3.63, 3.8) is 0 Å². The largest absolute Gasteiger partial charge is 0.455 e. The Morgan fingerprint density at radius 1 is 0.453 bits per heavy atom. The van der Waals surface area contributed by atoms with E-state index in [-0.39, 0.29) is 6.04 Å². The second-order valence-corrected chi connectivity index (χ2v) is 17.2. The molecule has 0 radical (unpaired) electrons. The molecule has 1 heterocycles. The zero-order valence-corrected chi connectivity index (χ0v) is 35.7. The summed E-state index contributed by atoms with van der Waals surface area (Å²) in [5.74, 6) is 0. The zero-order chi connectivity index (χ0) is 42.6. The van der Waals surface area contributed by atoms with Crippen LogP contribution in [0.25, 0.3) is 60.9 Å². The maximum atomic E-state index is 6.48. The fourth-order valence-corrected chi connectivity index (χ4v) is 10.6. The zero-order valence-electron chi connectivity index (χ0n) is 35.7. The van der Waals surface area contributed by atoms with Gasteiger partial charge in [0.15, 0.2) is 0 Å². The summed E-state index contributed by atoms with van der Waals surface area (Å²) in [5.41, 5.74) is 19.5. The van der Waals surface area contributed by atoms with Crippen LogP contribution < -0.4 is 4.90 Å². The standard InChI is InChI=1S/C62H45NO/c1-42-26-32-46(33-27-42)62(58-23-10-7-18-54(58)52-16-5-6-17-53(52)55-19-8-11-24-59(55)62)47-34-40-50(41-35-47)63(48-36-28-44(29-37-48)43-14-3-2-4-15-43)49-38-30-45(31-39-49)51-21-13-22-57-56-20-9-12-25-60(56)64-61(51)57/h2-36,38-41,48H,37H2,1H3. The summed E-state index contributed by atoms with van der Waals surface area (Å²) >= 11 is 0. The van der Waals surface area contributed by atoms with Crippen molar-refractivity contribution >= 4 is 38.9 Å².